The number of rotatable bonds is 4. The highest BCUT2D eigenvalue weighted by Crippen LogP contribution is 2.33. The maximum atomic E-state index is 13.8. The SMILES string of the molecule is O=C(OC(=O)C(F)(F)c1ccc(F)cc1)C(F)(F)c1ccc(F)cc1. The topological polar surface area (TPSA) is 43.4 Å². The number of halogens is 6. The van der Waals surface area contributed by atoms with Crippen LogP contribution in [0.15, 0.2) is 48.5 Å². The summed E-state index contributed by atoms with van der Waals surface area (Å²) >= 11 is 0. The summed E-state index contributed by atoms with van der Waals surface area (Å²) in [7, 11) is 0. The van der Waals surface area contributed by atoms with Gasteiger partial charge in [0.05, 0.1) is 0 Å². The Kier molecular flexibility index (Phi) is 4.87. The first-order chi connectivity index (χ1) is 11.5. The Hall–Kier alpha value is -2.84. The normalized spacial score (nSPS) is 11.9. The molecular weight excluding hydrogens is 354 g/mol. The van der Waals surface area contributed by atoms with Gasteiger partial charge in [-0.1, -0.05) is 0 Å². The molecule has 0 saturated carbocycles. The number of esters is 2. The zero-order chi connectivity index (χ0) is 18.8. The second-order valence-electron chi connectivity index (χ2n) is 4.84. The smallest absolute Gasteiger partial charge is 0.384 e. The lowest BCUT2D eigenvalue weighted by Gasteiger charge is -2.18. The van der Waals surface area contributed by atoms with Gasteiger partial charge < -0.3 is 4.74 Å². The highest BCUT2D eigenvalue weighted by Gasteiger charge is 2.50. The minimum atomic E-state index is -4.46. The van der Waals surface area contributed by atoms with E-state index in [2.05, 4.69) is 4.74 Å². The van der Waals surface area contributed by atoms with E-state index in [9.17, 15) is 35.9 Å². The Morgan fingerprint density at radius 3 is 1.20 bits per heavy atom. The maximum absolute atomic E-state index is 13.8. The molecule has 0 aliphatic rings. The molecule has 0 saturated heterocycles. The number of ether oxygens (including phenoxy) is 1. The third-order valence-corrected chi connectivity index (χ3v) is 3.11. The van der Waals surface area contributed by atoms with Gasteiger partial charge in [0, 0.05) is 11.1 Å². The summed E-state index contributed by atoms with van der Waals surface area (Å²) in [6.45, 7) is 0. The second kappa shape index (κ2) is 6.58. The van der Waals surface area contributed by atoms with Crippen LogP contribution in [0.2, 0.25) is 0 Å². The molecule has 0 aromatic heterocycles. The zero-order valence-corrected chi connectivity index (χ0v) is 12.1. The van der Waals surface area contributed by atoms with Crippen molar-refractivity contribution in [3.8, 4) is 0 Å². The van der Waals surface area contributed by atoms with Gasteiger partial charge in [-0.25, -0.2) is 18.4 Å². The van der Waals surface area contributed by atoms with Crippen molar-refractivity contribution in [2.45, 2.75) is 11.8 Å². The van der Waals surface area contributed by atoms with Crippen LogP contribution in [-0.2, 0) is 26.2 Å². The second-order valence-corrected chi connectivity index (χ2v) is 4.84. The average molecular weight is 362 g/mol. The number of alkyl halides is 4. The van der Waals surface area contributed by atoms with E-state index >= 15 is 0 Å². The zero-order valence-electron chi connectivity index (χ0n) is 12.1. The van der Waals surface area contributed by atoms with E-state index in [0.29, 0.717) is 48.5 Å². The fourth-order valence-electron chi connectivity index (χ4n) is 1.77. The molecule has 0 bridgehead atoms. The Morgan fingerprint density at radius 1 is 0.640 bits per heavy atom. The van der Waals surface area contributed by atoms with Gasteiger partial charge in [0.2, 0.25) is 0 Å². The Balaban J connectivity index is 2.19. The van der Waals surface area contributed by atoms with Crippen molar-refractivity contribution in [1.82, 2.24) is 0 Å². The van der Waals surface area contributed by atoms with Crippen molar-refractivity contribution in [2.75, 3.05) is 0 Å². The molecule has 2 aromatic rings. The molecule has 3 nitrogen and oxygen atoms in total. The summed E-state index contributed by atoms with van der Waals surface area (Å²) in [5, 5.41) is 0. The van der Waals surface area contributed by atoms with Crippen molar-refractivity contribution >= 4 is 11.9 Å². The van der Waals surface area contributed by atoms with Crippen molar-refractivity contribution in [1.29, 1.82) is 0 Å². The molecule has 9 heteroatoms. The van der Waals surface area contributed by atoms with Crippen LogP contribution in [0.5, 0.6) is 0 Å². The predicted octanol–water partition coefficient (Wildman–Crippen LogP) is 3.92. The summed E-state index contributed by atoms with van der Waals surface area (Å²) in [5.74, 6) is -15.7. The fourth-order valence-corrected chi connectivity index (χ4v) is 1.77. The van der Waals surface area contributed by atoms with E-state index in [-0.39, 0.29) is 0 Å². The quantitative estimate of drug-likeness (QED) is 0.470. The standard InChI is InChI=1S/C16H8F6O3/c17-11-5-1-9(2-6-11)15(19,20)13(23)25-14(24)16(21,22)10-3-7-12(18)8-4-10/h1-8H. The van der Waals surface area contributed by atoms with Gasteiger partial charge in [0.1, 0.15) is 11.6 Å². The van der Waals surface area contributed by atoms with Crippen LogP contribution in [0.25, 0.3) is 0 Å². The monoisotopic (exact) mass is 362 g/mol. The van der Waals surface area contributed by atoms with Gasteiger partial charge in [-0.05, 0) is 48.5 Å². The highest BCUT2D eigenvalue weighted by atomic mass is 19.3. The van der Waals surface area contributed by atoms with Crippen molar-refractivity contribution < 1.29 is 40.7 Å². The van der Waals surface area contributed by atoms with Gasteiger partial charge in [0.15, 0.2) is 0 Å². The summed E-state index contributed by atoms with van der Waals surface area (Å²) in [6.07, 6.45) is 0. The van der Waals surface area contributed by atoms with Crippen LogP contribution in [-0.4, -0.2) is 11.9 Å². The first-order valence-electron chi connectivity index (χ1n) is 6.59. The number of hydrogen-bond donors (Lipinski definition) is 0. The van der Waals surface area contributed by atoms with Crippen LogP contribution in [0.4, 0.5) is 26.3 Å². The minimum absolute atomic E-state index is 0.541. The van der Waals surface area contributed by atoms with Crippen LogP contribution in [0, 0.1) is 11.6 Å². The lowest BCUT2D eigenvalue weighted by molar-refractivity contribution is -0.194. The summed E-state index contributed by atoms with van der Waals surface area (Å²) in [6, 6.07) is 4.63. The first-order valence-corrected chi connectivity index (χ1v) is 6.59. The van der Waals surface area contributed by atoms with Crippen LogP contribution in [0.3, 0.4) is 0 Å². The highest BCUT2D eigenvalue weighted by molar-refractivity contribution is 5.93. The third-order valence-electron chi connectivity index (χ3n) is 3.11. The summed E-state index contributed by atoms with van der Waals surface area (Å²) in [5.41, 5.74) is -2.09. The Bertz CT molecular complexity index is 717. The summed E-state index contributed by atoms with van der Waals surface area (Å²) in [4.78, 5) is 22.8. The largest absolute Gasteiger partial charge is 0.389 e. The summed E-state index contributed by atoms with van der Waals surface area (Å²) < 4.78 is 84.4. The average Bonchev–Trinajstić information content (AvgIpc) is 2.55. The minimum Gasteiger partial charge on any atom is -0.384 e. The van der Waals surface area contributed by atoms with E-state index < -0.39 is 46.5 Å². The third kappa shape index (κ3) is 3.81. The van der Waals surface area contributed by atoms with Crippen LogP contribution >= 0.6 is 0 Å². The molecule has 0 spiro atoms. The van der Waals surface area contributed by atoms with E-state index in [4.69, 9.17) is 0 Å². The predicted molar refractivity (Wildman–Crippen MR) is 71.7 cm³/mol. The van der Waals surface area contributed by atoms with E-state index in [1.807, 2.05) is 0 Å². The van der Waals surface area contributed by atoms with E-state index in [1.165, 1.54) is 0 Å². The van der Waals surface area contributed by atoms with E-state index in [1.54, 1.807) is 0 Å². The molecule has 0 radical (unpaired) electrons. The molecular formula is C16H8F6O3. The van der Waals surface area contributed by atoms with Crippen molar-refractivity contribution in [2.24, 2.45) is 0 Å². The lowest BCUT2D eigenvalue weighted by Crippen LogP contribution is -2.36. The van der Waals surface area contributed by atoms with Crippen molar-refractivity contribution in [3.05, 3.63) is 71.3 Å². The van der Waals surface area contributed by atoms with Crippen LogP contribution < -0.4 is 0 Å². The van der Waals surface area contributed by atoms with E-state index in [0.717, 1.165) is 0 Å². The van der Waals surface area contributed by atoms with Gasteiger partial charge in [-0.3, -0.25) is 0 Å². The Morgan fingerprint density at radius 2 is 0.920 bits per heavy atom. The molecule has 0 amide bonds. The molecule has 132 valence electrons. The molecule has 0 fully saturated rings. The maximum Gasteiger partial charge on any atom is 0.389 e. The Labute approximate surface area is 136 Å². The number of hydrogen-bond acceptors (Lipinski definition) is 3. The van der Waals surface area contributed by atoms with Gasteiger partial charge in [-0.2, -0.15) is 17.6 Å². The van der Waals surface area contributed by atoms with Crippen LogP contribution in [0.1, 0.15) is 11.1 Å². The molecule has 0 aliphatic carbocycles. The number of carbonyl (C=O) groups excluding carboxylic acids is 2. The molecule has 0 atom stereocenters. The molecule has 0 N–H and O–H groups in total. The van der Waals surface area contributed by atoms with Crippen molar-refractivity contribution in [3.63, 3.8) is 0 Å². The first kappa shape index (κ1) is 18.5. The molecule has 0 unspecified atom stereocenters. The molecule has 25 heavy (non-hydrogen) atoms. The number of benzene rings is 2. The van der Waals surface area contributed by atoms with Gasteiger partial charge in [0.25, 0.3) is 0 Å². The molecule has 2 rings (SSSR count). The molecule has 2 aromatic carbocycles. The lowest BCUT2D eigenvalue weighted by atomic mass is 10.1. The van der Waals surface area contributed by atoms with Gasteiger partial charge >= 0.3 is 23.8 Å². The molecule has 0 aliphatic heterocycles. The number of carbonyl (C=O) groups is 2. The molecule has 0 heterocycles. The fraction of sp³-hybridized carbons (Fsp3) is 0.125. The van der Waals surface area contributed by atoms with Gasteiger partial charge in [-0.15, -0.1) is 0 Å².